The first kappa shape index (κ1) is 14.9. The maximum absolute atomic E-state index is 12.5. The molecule has 2 N–H and O–H groups in total. The average Bonchev–Trinajstić information content (AvgIpc) is 2.94. The Morgan fingerprint density at radius 3 is 2.45 bits per heavy atom. The minimum absolute atomic E-state index is 0.249. The summed E-state index contributed by atoms with van der Waals surface area (Å²) in [4.78, 5) is 14.6. The zero-order valence-electron chi connectivity index (χ0n) is 12.6. The van der Waals surface area contributed by atoms with Crippen LogP contribution in [0.3, 0.4) is 0 Å². The van der Waals surface area contributed by atoms with Crippen molar-refractivity contribution in [3.8, 4) is 0 Å². The maximum atomic E-state index is 12.5. The molecule has 1 aromatic rings. The molecule has 1 saturated carbocycles. The Kier molecular flexibility index (Phi) is 5.05. The third kappa shape index (κ3) is 3.53. The molecule has 1 aromatic carbocycles. The SMILES string of the molecule is CCN(C(=O)CC(C)c1ccc(N)cc1)C1CCCC1. The molecule has 1 fully saturated rings. The van der Waals surface area contributed by atoms with Gasteiger partial charge in [-0.05, 0) is 43.4 Å². The Morgan fingerprint density at radius 1 is 1.30 bits per heavy atom. The van der Waals surface area contributed by atoms with E-state index in [9.17, 15) is 4.79 Å². The molecule has 0 aromatic heterocycles. The molecule has 1 aliphatic carbocycles. The van der Waals surface area contributed by atoms with Crippen LogP contribution in [0.4, 0.5) is 5.69 Å². The standard InChI is InChI=1S/C17H26N2O/c1-3-19(16-6-4-5-7-16)17(20)12-13(2)14-8-10-15(18)11-9-14/h8-11,13,16H,3-7,12,18H2,1-2H3. The van der Waals surface area contributed by atoms with Gasteiger partial charge in [0.2, 0.25) is 5.91 Å². The van der Waals surface area contributed by atoms with E-state index in [0.717, 1.165) is 12.2 Å². The van der Waals surface area contributed by atoms with E-state index in [1.54, 1.807) is 0 Å². The number of hydrogen-bond donors (Lipinski definition) is 1. The summed E-state index contributed by atoms with van der Waals surface area (Å²) in [7, 11) is 0. The van der Waals surface area contributed by atoms with Gasteiger partial charge in [0, 0.05) is 24.7 Å². The van der Waals surface area contributed by atoms with Crippen molar-refractivity contribution in [3.63, 3.8) is 0 Å². The summed E-state index contributed by atoms with van der Waals surface area (Å²) in [6, 6.07) is 8.35. The van der Waals surface area contributed by atoms with Gasteiger partial charge in [0.25, 0.3) is 0 Å². The van der Waals surface area contributed by atoms with Crippen molar-refractivity contribution < 1.29 is 4.79 Å². The van der Waals surface area contributed by atoms with E-state index in [2.05, 4.69) is 18.7 Å². The van der Waals surface area contributed by atoms with E-state index < -0.39 is 0 Å². The first-order valence-corrected chi connectivity index (χ1v) is 7.76. The molecular weight excluding hydrogens is 248 g/mol. The first-order chi connectivity index (χ1) is 9.61. The Hall–Kier alpha value is -1.51. The number of nitrogen functional groups attached to an aromatic ring is 1. The van der Waals surface area contributed by atoms with Gasteiger partial charge >= 0.3 is 0 Å². The second-order valence-corrected chi connectivity index (χ2v) is 5.89. The van der Waals surface area contributed by atoms with E-state index in [1.807, 2.05) is 24.3 Å². The lowest BCUT2D eigenvalue weighted by Crippen LogP contribution is -2.39. The third-order valence-corrected chi connectivity index (χ3v) is 4.41. The fourth-order valence-corrected chi connectivity index (χ4v) is 3.18. The first-order valence-electron chi connectivity index (χ1n) is 7.76. The fourth-order valence-electron chi connectivity index (χ4n) is 3.18. The summed E-state index contributed by atoms with van der Waals surface area (Å²) in [5.41, 5.74) is 7.67. The van der Waals surface area contributed by atoms with E-state index in [-0.39, 0.29) is 5.92 Å². The predicted molar refractivity (Wildman–Crippen MR) is 83.5 cm³/mol. The highest BCUT2D eigenvalue weighted by Gasteiger charge is 2.26. The molecule has 3 heteroatoms. The molecule has 2 rings (SSSR count). The number of hydrogen-bond acceptors (Lipinski definition) is 2. The van der Waals surface area contributed by atoms with Crippen molar-refractivity contribution in [1.82, 2.24) is 4.90 Å². The van der Waals surface area contributed by atoms with Crippen LogP contribution in [-0.2, 0) is 4.79 Å². The largest absolute Gasteiger partial charge is 0.399 e. The average molecular weight is 274 g/mol. The predicted octanol–water partition coefficient (Wildman–Crippen LogP) is 3.55. The van der Waals surface area contributed by atoms with Gasteiger partial charge in [-0.25, -0.2) is 0 Å². The van der Waals surface area contributed by atoms with Crippen LogP contribution in [-0.4, -0.2) is 23.4 Å². The molecule has 1 aliphatic rings. The topological polar surface area (TPSA) is 46.3 Å². The van der Waals surface area contributed by atoms with Crippen molar-refractivity contribution in [2.24, 2.45) is 0 Å². The highest BCUT2D eigenvalue weighted by Crippen LogP contribution is 2.26. The summed E-state index contributed by atoms with van der Waals surface area (Å²) in [6.45, 7) is 5.04. The molecule has 0 radical (unpaired) electrons. The normalized spacial score (nSPS) is 17.1. The van der Waals surface area contributed by atoms with E-state index in [1.165, 1.54) is 31.2 Å². The lowest BCUT2D eigenvalue weighted by Gasteiger charge is -2.29. The molecule has 110 valence electrons. The van der Waals surface area contributed by atoms with Gasteiger partial charge in [-0.3, -0.25) is 4.79 Å². The Morgan fingerprint density at radius 2 is 1.90 bits per heavy atom. The van der Waals surface area contributed by atoms with Crippen LogP contribution >= 0.6 is 0 Å². The van der Waals surface area contributed by atoms with Crippen LogP contribution in [0.25, 0.3) is 0 Å². The minimum Gasteiger partial charge on any atom is -0.399 e. The molecule has 20 heavy (non-hydrogen) atoms. The number of benzene rings is 1. The second kappa shape index (κ2) is 6.78. The van der Waals surface area contributed by atoms with Gasteiger partial charge in [0.1, 0.15) is 0 Å². The molecule has 1 amide bonds. The van der Waals surface area contributed by atoms with Gasteiger partial charge in [0.05, 0.1) is 0 Å². The van der Waals surface area contributed by atoms with Crippen molar-refractivity contribution in [2.75, 3.05) is 12.3 Å². The van der Waals surface area contributed by atoms with Gasteiger partial charge in [-0.2, -0.15) is 0 Å². The maximum Gasteiger partial charge on any atom is 0.223 e. The van der Waals surface area contributed by atoms with Gasteiger partial charge in [0.15, 0.2) is 0 Å². The summed E-state index contributed by atoms with van der Waals surface area (Å²) in [6.07, 6.45) is 5.48. The number of anilines is 1. The Balaban J connectivity index is 1.96. The second-order valence-electron chi connectivity index (χ2n) is 5.89. The number of carbonyl (C=O) groups is 1. The molecule has 0 bridgehead atoms. The van der Waals surface area contributed by atoms with Crippen molar-refractivity contribution >= 4 is 11.6 Å². The molecule has 0 aliphatic heterocycles. The lowest BCUT2D eigenvalue weighted by molar-refractivity contribution is -0.133. The quantitative estimate of drug-likeness (QED) is 0.835. The number of carbonyl (C=O) groups excluding carboxylic acids is 1. The zero-order valence-corrected chi connectivity index (χ0v) is 12.6. The van der Waals surface area contributed by atoms with Crippen molar-refractivity contribution in [3.05, 3.63) is 29.8 Å². The van der Waals surface area contributed by atoms with Crippen LogP contribution in [0.1, 0.15) is 57.4 Å². The van der Waals surface area contributed by atoms with Gasteiger partial charge in [-0.15, -0.1) is 0 Å². The van der Waals surface area contributed by atoms with Gasteiger partial charge < -0.3 is 10.6 Å². The molecule has 0 heterocycles. The summed E-state index contributed by atoms with van der Waals surface area (Å²) in [5.74, 6) is 0.544. The monoisotopic (exact) mass is 274 g/mol. The van der Waals surface area contributed by atoms with Crippen molar-refractivity contribution in [1.29, 1.82) is 0 Å². The number of nitrogens with zero attached hydrogens (tertiary/aromatic N) is 1. The smallest absolute Gasteiger partial charge is 0.223 e. The summed E-state index contributed by atoms with van der Waals surface area (Å²) in [5, 5.41) is 0. The summed E-state index contributed by atoms with van der Waals surface area (Å²) >= 11 is 0. The molecular formula is C17H26N2O. The van der Waals surface area contributed by atoms with Crippen molar-refractivity contribution in [2.45, 2.75) is 57.9 Å². The van der Waals surface area contributed by atoms with Crippen LogP contribution in [0, 0.1) is 0 Å². The van der Waals surface area contributed by atoms with Crippen LogP contribution in [0.15, 0.2) is 24.3 Å². The number of amides is 1. The van der Waals surface area contributed by atoms with E-state index in [0.29, 0.717) is 18.4 Å². The number of nitrogens with two attached hydrogens (primary N) is 1. The van der Waals surface area contributed by atoms with Crippen LogP contribution < -0.4 is 5.73 Å². The molecule has 0 saturated heterocycles. The summed E-state index contributed by atoms with van der Waals surface area (Å²) < 4.78 is 0. The lowest BCUT2D eigenvalue weighted by atomic mass is 9.96. The van der Waals surface area contributed by atoms with Crippen LogP contribution in [0.2, 0.25) is 0 Å². The Bertz CT molecular complexity index is 435. The van der Waals surface area contributed by atoms with E-state index in [4.69, 9.17) is 5.73 Å². The molecule has 1 unspecified atom stereocenters. The zero-order chi connectivity index (χ0) is 14.5. The molecule has 1 atom stereocenters. The number of rotatable bonds is 5. The Labute approximate surface area is 122 Å². The molecule has 0 spiro atoms. The fraction of sp³-hybridized carbons (Fsp3) is 0.588. The third-order valence-electron chi connectivity index (χ3n) is 4.41. The highest BCUT2D eigenvalue weighted by molar-refractivity contribution is 5.77. The van der Waals surface area contributed by atoms with Gasteiger partial charge in [-0.1, -0.05) is 31.9 Å². The molecule has 3 nitrogen and oxygen atoms in total. The minimum atomic E-state index is 0.249. The van der Waals surface area contributed by atoms with Crippen LogP contribution in [0.5, 0.6) is 0 Å². The highest BCUT2D eigenvalue weighted by atomic mass is 16.2. The van der Waals surface area contributed by atoms with E-state index >= 15 is 0 Å².